The van der Waals surface area contributed by atoms with Gasteiger partial charge in [0.1, 0.15) is 6.04 Å². The lowest BCUT2D eigenvalue weighted by Crippen LogP contribution is -2.38. The highest BCUT2D eigenvalue weighted by atomic mass is 32.2. The monoisotopic (exact) mass is 286 g/mol. The van der Waals surface area contributed by atoms with Crippen molar-refractivity contribution >= 4 is 16.0 Å². The zero-order valence-corrected chi connectivity index (χ0v) is 10.4. The molecule has 19 heavy (non-hydrogen) atoms. The van der Waals surface area contributed by atoms with Crippen LogP contribution < -0.4 is 10.9 Å². The maximum absolute atomic E-state index is 13.2. The summed E-state index contributed by atoms with van der Waals surface area (Å²) in [5.41, 5.74) is 5.35. The Hall–Kier alpha value is -1.95. The van der Waals surface area contributed by atoms with E-state index >= 15 is 0 Å². The van der Waals surface area contributed by atoms with Crippen molar-refractivity contribution in [2.75, 3.05) is 0 Å². The predicted molar refractivity (Wildman–Crippen MR) is 65.2 cm³/mol. The topological polar surface area (TPSA) is 123 Å². The van der Waals surface area contributed by atoms with Crippen LogP contribution in [0.25, 0.3) is 0 Å². The fourth-order valence-corrected chi connectivity index (χ4v) is 1.61. The van der Waals surface area contributed by atoms with Crippen molar-refractivity contribution in [3.05, 3.63) is 29.8 Å². The van der Waals surface area contributed by atoms with Crippen LogP contribution in [0.3, 0.4) is 0 Å². The lowest BCUT2D eigenvalue weighted by atomic mass is 10.1. The fourth-order valence-electron chi connectivity index (χ4n) is 1.10. The average molecular weight is 286 g/mol. The van der Waals surface area contributed by atoms with E-state index in [9.17, 15) is 17.6 Å². The first kappa shape index (κ1) is 15.1. The maximum atomic E-state index is 13.2. The summed E-state index contributed by atoms with van der Waals surface area (Å²) >= 11 is 0. The van der Waals surface area contributed by atoms with E-state index in [-0.39, 0.29) is 4.90 Å². The smallest absolute Gasteiger partial charge is 0.324 e. The Labute approximate surface area is 109 Å². The van der Waals surface area contributed by atoms with Crippen molar-refractivity contribution in [3.8, 4) is 11.8 Å². The van der Waals surface area contributed by atoms with Crippen LogP contribution in [-0.2, 0) is 14.8 Å². The molecule has 1 aromatic rings. The molecule has 1 aromatic carbocycles. The Balaban J connectivity index is 2.88. The van der Waals surface area contributed by atoms with Crippen LogP contribution in [0, 0.1) is 11.8 Å². The minimum Gasteiger partial charge on any atom is -0.480 e. The molecular formula is C11H11FN2O4S. The van der Waals surface area contributed by atoms with E-state index in [0.29, 0.717) is 5.56 Å². The number of benzene rings is 1. The molecule has 2 atom stereocenters. The van der Waals surface area contributed by atoms with Gasteiger partial charge in [-0.2, -0.15) is 0 Å². The summed E-state index contributed by atoms with van der Waals surface area (Å²) in [4.78, 5) is 10.3. The van der Waals surface area contributed by atoms with Gasteiger partial charge in [0.2, 0.25) is 10.0 Å². The molecule has 5 N–H and O–H groups in total. The Kier molecular flexibility index (Phi) is 4.61. The third-order valence-corrected chi connectivity index (χ3v) is 3.07. The molecule has 0 aliphatic rings. The van der Waals surface area contributed by atoms with Gasteiger partial charge < -0.3 is 10.8 Å². The second kappa shape index (κ2) is 5.79. The third-order valence-electron chi connectivity index (χ3n) is 2.14. The van der Waals surface area contributed by atoms with Gasteiger partial charge in [0.25, 0.3) is 0 Å². The molecule has 1 rings (SSSR count). The normalized spacial score (nSPS) is 14.1. The maximum Gasteiger partial charge on any atom is 0.324 e. The fraction of sp³-hybridized carbons (Fsp3) is 0.182. The Morgan fingerprint density at radius 3 is 2.26 bits per heavy atom. The van der Waals surface area contributed by atoms with E-state index in [1.807, 2.05) is 5.92 Å². The summed E-state index contributed by atoms with van der Waals surface area (Å²) in [5.74, 6) is 2.90. The number of nitrogens with two attached hydrogens (primary N) is 2. The zero-order valence-electron chi connectivity index (χ0n) is 9.58. The van der Waals surface area contributed by atoms with Crippen molar-refractivity contribution < 1.29 is 22.7 Å². The highest BCUT2D eigenvalue weighted by Gasteiger charge is 2.21. The van der Waals surface area contributed by atoms with Gasteiger partial charge >= 0.3 is 5.97 Å². The average Bonchev–Trinajstić information content (AvgIpc) is 2.34. The molecule has 0 heterocycles. The number of primary sulfonamides is 1. The van der Waals surface area contributed by atoms with Gasteiger partial charge in [0.05, 0.1) is 4.90 Å². The zero-order chi connectivity index (χ0) is 14.6. The first-order valence-corrected chi connectivity index (χ1v) is 6.53. The highest BCUT2D eigenvalue weighted by molar-refractivity contribution is 7.89. The summed E-state index contributed by atoms with van der Waals surface area (Å²) in [6.45, 7) is 0. The first-order valence-electron chi connectivity index (χ1n) is 4.98. The first-order chi connectivity index (χ1) is 8.71. The molecule has 0 unspecified atom stereocenters. The molecule has 0 aliphatic carbocycles. The number of halogens is 1. The van der Waals surface area contributed by atoms with Gasteiger partial charge in [0, 0.05) is 5.56 Å². The number of carboxylic acids is 1. The molecular weight excluding hydrogens is 275 g/mol. The van der Waals surface area contributed by atoms with E-state index in [1.54, 1.807) is 0 Å². The van der Waals surface area contributed by atoms with Gasteiger partial charge in [-0.3, -0.25) is 4.79 Å². The third kappa shape index (κ3) is 4.33. The van der Waals surface area contributed by atoms with Crippen LogP contribution in [0.15, 0.2) is 29.2 Å². The van der Waals surface area contributed by atoms with Gasteiger partial charge in [-0.15, -0.1) is 0 Å². The quantitative estimate of drug-likeness (QED) is 0.642. The van der Waals surface area contributed by atoms with Crippen LogP contribution >= 0.6 is 0 Å². The van der Waals surface area contributed by atoms with Crippen LogP contribution in [0.1, 0.15) is 5.56 Å². The number of aliphatic carboxylic acids is 1. The highest BCUT2D eigenvalue weighted by Crippen LogP contribution is 2.08. The van der Waals surface area contributed by atoms with Crippen molar-refractivity contribution in [1.82, 2.24) is 0 Å². The molecule has 6 nitrogen and oxygen atoms in total. The second-order valence-corrected chi connectivity index (χ2v) is 5.17. The number of hydrogen-bond acceptors (Lipinski definition) is 4. The van der Waals surface area contributed by atoms with Crippen LogP contribution in [-0.4, -0.2) is 31.7 Å². The van der Waals surface area contributed by atoms with Crippen molar-refractivity contribution in [2.24, 2.45) is 10.9 Å². The minimum atomic E-state index is -3.80. The number of carbonyl (C=O) groups is 1. The lowest BCUT2D eigenvalue weighted by molar-refractivity contribution is -0.139. The number of carboxylic acid groups (broad SMARTS) is 1. The Morgan fingerprint density at radius 1 is 1.32 bits per heavy atom. The molecule has 0 bridgehead atoms. The SMILES string of the molecule is N[C@H](C(=O)O)[C@@H](F)C#Cc1ccc(S(N)(=O)=O)cc1. The van der Waals surface area contributed by atoms with Crippen LogP contribution in [0.2, 0.25) is 0 Å². The number of rotatable bonds is 3. The minimum absolute atomic E-state index is 0.0999. The molecule has 0 spiro atoms. The number of hydrogen-bond donors (Lipinski definition) is 3. The van der Waals surface area contributed by atoms with Gasteiger partial charge in [-0.05, 0) is 24.3 Å². The van der Waals surface area contributed by atoms with E-state index in [4.69, 9.17) is 16.0 Å². The predicted octanol–water partition coefficient (Wildman–Crippen LogP) is -0.564. The van der Waals surface area contributed by atoms with Crippen molar-refractivity contribution in [1.29, 1.82) is 0 Å². The summed E-state index contributed by atoms with van der Waals surface area (Å²) in [7, 11) is -3.80. The molecule has 0 fully saturated rings. The van der Waals surface area contributed by atoms with E-state index in [0.717, 1.165) is 0 Å². The van der Waals surface area contributed by atoms with E-state index in [1.165, 1.54) is 24.3 Å². The molecule has 102 valence electrons. The summed E-state index contributed by atoms with van der Waals surface area (Å²) < 4.78 is 35.2. The molecule has 0 saturated heterocycles. The molecule has 8 heteroatoms. The van der Waals surface area contributed by atoms with E-state index < -0.39 is 28.2 Å². The van der Waals surface area contributed by atoms with Crippen molar-refractivity contribution in [3.63, 3.8) is 0 Å². The molecule has 0 aromatic heterocycles. The summed E-state index contributed by atoms with van der Waals surface area (Å²) in [5, 5.41) is 13.4. The molecule has 0 aliphatic heterocycles. The van der Waals surface area contributed by atoms with Crippen LogP contribution in [0.4, 0.5) is 4.39 Å². The number of alkyl halides is 1. The molecule has 0 saturated carbocycles. The number of sulfonamides is 1. The Bertz CT molecular complexity index is 631. The van der Waals surface area contributed by atoms with Gasteiger partial charge in [0.15, 0.2) is 6.17 Å². The summed E-state index contributed by atoms with van der Waals surface area (Å²) in [6.07, 6.45) is -2.02. The second-order valence-electron chi connectivity index (χ2n) is 3.60. The van der Waals surface area contributed by atoms with E-state index in [2.05, 4.69) is 5.92 Å². The lowest BCUT2D eigenvalue weighted by Gasteiger charge is -2.04. The van der Waals surface area contributed by atoms with Crippen LogP contribution in [0.5, 0.6) is 0 Å². The largest absolute Gasteiger partial charge is 0.480 e. The van der Waals surface area contributed by atoms with Crippen molar-refractivity contribution in [2.45, 2.75) is 17.1 Å². The molecule has 0 radical (unpaired) electrons. The summed E-state index contributed by atoms with van der Waals surface area (Å²) in [6, 6.07) is 3.35. The standard InChI is InChI=1S/C11H11FN2O4S/c12-9(10(13)11(15)16)6-3-7-1-4-8(5-2-7)19(14,17)18/h1-2,4-5,9-10H,13H2,(H,15,16)(H2,14,17,18)/t9-,10-/m0/s1. The molecule has 0 amide bonds. The Morgan fingerprint density at radius 2 is 1.84 bits per heavy atom. The van der Waals surface area contributed by atoms with Gasteiger partial charge in [-0.25, -0.2) is 17.9 Å². The van der Waals surface area contributed by atoms with Gasteiger partial charge in [-0.1, -0.05) is 11.8 Å².